The van der Waals surface area contributed by atoms with Crippen molar-refractivity contribution < 1.29 is 5.11 Å². The Kier molecular flexibility index (Phi) is 3.17. The SMILES string of the molecule is C=CCC(C)(C)[C@H](O)C#CC1CC1. The van der Waals surface area contributed by atoms with E-state index in [9.17, 15) is 5.11 Å². The zero-order valence-corrected chi connectivity index (χ0v) is 8.51. The molecule has 1 rings (SSSR count). The average Bonchev–Trinajstić information content (AvgIpc) is 2.83. The summed E-state index contributed by atoms with van der Waals surface area (Å²) in [6.45, 7) is 7.71. The second kappa shape index (κ2) is 3.98. The molecular formula is C12H18O. The smallest absolute Gasteiger partial charge is 0.120 e. The fourth-order valence-corrected chi connectivity index (χ4v) is 1.10. The Hall–Kier alpha value is -0.740. The molecule has 1 aliphatic carbocycles. The van der Waals surface area contributed by atoms with E-state index in [4.69, 9.17) is 0 Å². The highest BCUT2D eigenvalue weighted by Gasteiger charge is 2.25. The molecule has 0 unspecified atom stereocenters. The van der Waals surface area contributed by atoms with Crippen LogP contribution in [0.4, 0.5) is 0 Å². The molecule has 0 amide bonds. The van der Waals surface area contributed by atoms with E-state index >= 15 is 0 Å². The zero-order valence-electron chi connectivity index (χ0n) is 8.51. The largest absolute Gasteiger partial charge is 0.380 e. The summed E-state index contributed by atoms with van der Waals surface area (Å²) in [4.78, 5) is 0. The van der Waals surface area contributed by atoms with Gasteiger partial charge in [0.2, 0.25) is 0 Å². The second-order valence-electron chi connectivity index (χ2n) is 4.45. The number of hydrogen-bond acceptors (Lipinski definition) is 1. The van der Waals surface area contributed by atoms with Crippen LogP contribution in [0.15, 0.2) is 12.7 Å². The van der Waals surface area contributed by atoms with Crippen molar-refractivity contribution in [1.29, 1.82) is 0 Å². The second-order valence-corrected chi connectivity index (χ2v) is 4.45. The molecule has 13 heavy (non-hydrogen) atoms. The van der Waals surface area contributed by atoms with Gasteiger partial charge in [-0.2, -0.15) is 0 Å². The van der Waals surface area contributed by atoms with Crippen LogP contribution in [-0.4, -0.2) is 11.2 Å². The Morgan fingerprint density at radius 3 is 2.69 bits per heavy atom. The molecule has 1 nitrogen and oxygen atoms in total. The van der Waals surface area contributed by atoms with Crippen LogP contribution in [0.25, 0.3) is 0 Å². The minimum absolute atomic E-state index is 0.163. The summed E-state index contributed by atoms with van der Waals surface area (Å²) >= 11 is 0. The highest BCUT2D eigenvalue weighted by Crippen LogP contribution is 2.29. The van der Waals surface area contributed by atoms with Gasteiger partial charge in [0, 0.05) is 11.3 Å². The van der Waals surface area contributed by atoms with Crippen LogP contribution in [0.2, 0.25) is 0 Å². The molecule has 1 fully saturated rings. The van der Waals surface area contributed by atoms with Crippen molar-refractivity contribution in [2.24, 2.45) is 11.3 Å². The summed E-state index contributed by atoms with van der Waals surface area (Å²) in [5.74, 6) is 6.58. The molecule has 0 aromatic heterocycles. The van der Waals surface area contributed by atoms with Gasteiger partial charge in [0.25, 0.3) is 0 Å². The molecule has 1 heteroatoms. The van der Waals surface area contributed by atoms with Gasteiger partial charge in [0.15, 0.2) is 0 Å². The van der Waals surface area contributed by atoms with Gasteiger partial charge in [0.1, 0.15) is 6.10 Å². The van der Waals surface area contributed by atoms with Gasteiger partial charge in [-0.15, -0.1) is 6.58 Å². The number of hydrogen-bond donors (Lipinski definition) is 1. The van der Waals surface area contributed by atoms with Crippen LogP contribution in [-0.2, 0) is 0 Å². The topological polar surface area (TPSA) is 20.2 Å². The van der Waals surface area contributed by atoms with Gasteiger partial charge in [-0.25, -0.2) is 0 Å². The van der Waals surface area contributed by atoms with Gasteiger partial charge in [0.05, 0.1) is 0 Å². The summed E-state index contributed by atoms with van der Waals surface area (Å²) in [5, 5.41) is 9.76. The van der Waals surface area contributed by atoms with E-state index in [2.05, 4.69) is 18.4 Å². The third-order valence-electron chi connectivity index (χ3n) is 2.41. The third kappa shape index (κ3) is 3.24. The van der Waals surface area contributed by atoms with E-state index in [1.807, 2.05) is 19.9 Å². The Bertz CT molecular complexity index is 238. The summed E-state index contributed by atoms with van der Waals surface area (Å²) in [6.07, 6.45) is 4.53. The quantitative estimate of drug-likeness (QED) is 0.519. The van der Waals surface area contributed by atoms with Crippen molar-refractivity contribution >= 4 is 0 Å². The maximum atomic E-state index is 9.76. The molecule has 0 aromatic rings. The molecule has 1 aliphatic rings. The molecular weight excluding hydrogens is 160 g/mol. The maximum absolute atomic E-state index is 9.76. The first-order valence-corrected chi connectivity index (χ1v) is 4.86. The lowest BCUT2D eigenvalue weighted by Gasteiger charge is -2.25. The monoisotopic (exact) mass is 178 g/mol. The van der Waals surface area contributed by atoms with Crippen molar-refractivity contribution in [2.45, 2.75) is 39.2 Å². The number of allylic oxidation sites excluding steroid dienone is 1. The summed E-state index contributed by atoms with van der Waals surface area (Å²) in [7, 11) is 0. The Morgan fingerprint density at radius 2 is 2.23 bits per heavy atom. The lowest BCUT2D eigenvalue weighted by atomic mass is 9.83. The molecule has 0 aliphatic heterocycles. The number of rotatable bonds is 3. The predicted octanol–water partition coefficient (Wildman–Crippen LogP) is 2.36. The van der Waals surface area contributed by atoms with Crippen molar-refractivity contribution in [3.63, 3.8) is 0 Å². The summed E-state index contributed by atoms with van der Waals surface area (Å²) in [6, 6.07) is 0. The van der Waals surface area contributed by atoms with Gasteiger partial charge < -0.3 is 5.11 Å². The molecule has 0 radical (unpaired) electrons. The molecule has 0 spiro atoms. The van der Waals surface area contributed by atoms with Crippen LogP contribution >= 0.6 is 0 Å². The molecule has 0 bridgehead atoms. The summed E-state index contributed by atoms with van der Waals surface area (Å²) in [5.41, 5.74) is -0.163. The molecule has 0 aromatic carbocycles. The number of aliphatic hydroxyl groups is 1. The Balaban J connectivity index is 2.49. The van der Waals surface area contributed by atoms with Crippen LogP contribution in [0.5, 0.6) is 0 Å². The lowest BCUT2D eigenvalue weighted by Crippen LogP contribution is -2.27. The van der Waals surface area contributed by atoms with Crippen molar-refractivity contribution in [2.75, 3.05) is 0 Å². The molecule has 0 saturated heterocycles. The average molecular weight is 178 g/mol. The van der Waals surface area contributed by atoms with Crippen LogP contribution in [0, 0.1) is 23.2 Å². The fourth-order valence-electron chi connectivity index (χ4n) is 1.10. The first-order chi connectivity index (χ1) is 6.06. The Labute approximate surface area is 80.9 Å². The molecule has 1 N–H and O–H groups in total. The molecule has 72 valence electrons. The third-order valence-corrected chi connectivity index (χ3v) is 2.41. The van der Waals surface area contributed by atoms with Gasteiger partial charge in [-0.1, -0.05) is 31.8 Å². The van der Waals surface area contributed by atoms with Crippen molar-refractivity contribution in [3.05, 3.63) is 12.7 Å². The standard InChI is InChI=1S/C12H18O/c1-4-9-12(2,3)11(13)8-7-10-5-6-10/h4,10-11,13H,1,5-6,9H2,2-3H3/t11-/m1/s1. The first kappa shape index (κ1) is 10.3. The minimum Gasteiger partial charge on any atom is -0.380 e. The zero-order chi connectivity index (χ0) is 9.90. The van der Waals surface area contributed by atoms with Crippen molar-refractivity contribution in [3.8, 4) is 11.8 Å². The number of aliphatic hydroxyl groups excluding tert-OH is 1. The van der Waals surface area contributed by atoms with E-state index in [0.717, 1.165) is 6.42 Å². The summed E-state index contributed by atoms with van der Waals surface area (Å²) < 4.78 is 0. The van der Waals surface area contributed by atoms with E-state index in [1.165, 1.54) is 12.8 Å². The van der Waals surface area contributed by atoms with E-state index < -0.39 is 6.10 Å². The highest BCUT2D eigenvalue weighted by atomic mass is 16.3. The van der Waals surface area contributed by atoms with Gasteiger partial charge in [-0.3, -0.25) is 0 Å². The first-order valence-electron chi connectivity index (χ1n) is 4.86. The predicted molar refractivity (Wildman–Crippen MR) is 55.1 cm³/mol. The van der Waals surface area contributed by atoms with E-state index in [1.54, 1.807) is 0 Å². The minimum atomic E-state index is -0.522. The van der Waals surface area contributed by atoms with Crippen LogP contribution in [0.1, 0.15) is 33.1 Å². The highest BCUT2D eigenvalue weighted by molar-refractivity contribution is 5.15. The van der Waals surface area contributed by atoms with E-state index in [0.29, 0.717) is 5.92 Å². The van der Waals surface area contributed by atoms with Crippen molar-refractivity contribution in [1.82, 2.24) is 0 Å². The Morgan fingerprint density at radius 1 is 1.62 bits per heavy atom. The molecule has 1 saturated carbocycles. The van der Waals surface area contributed by atoms with Gasteiger partial charge >= 0.3 is 0 Å². The normalized spacial score (nSPS) is 18.7. The maximum Gasteiger partial charge on any atom is 0.120 e. The van der Waals surface area contributed by atoms with Gasteiger partial charge in [-0.05, 0) is 19.3 Å². The molecule has 1 atom stereocenters. The van der Waals surface area contributed by atoms with E-state index in [-0.39, 0.29) is 5.41 Å². The van der Waals surface area contributed by atoms with Crippen LogP contribution in [0.3, 0.4) is 0 Å². The van der Waals surface area contributed by atoms with Crippen LogP contribution < -0.4 is 0 Å². The lowest BCUT2D eigenvalue weighted by molar-refractivity contribution is 0.101. The molecule has 0 heterocycles. The fraction of sp³-hybridized carbons (Fsp3) is 0.667.